The zero-order valence-electron chi connectivity index (χ0n) is 27.5. The molecule has 0 saturated heterocycles. The Labute approximate surface area is 302 Å². The Hall–Kier alpha value is -4.94. The highest BCUT2D eigenvalue weighted by Gasteiger charge is 2.25. The molecule has 14 heteroatoms. The van der Waals surface area contributed by atoms with Crippen molar-refractivity contribution in [1.29, 1.82) is 5.26 Å². The lowest BCUT2D eigenvalue weighted by Crippen LogP contribution is -2.29. The maximum atomic E-state index is 13.3. The summed E-state index contributed by atoms with van der Waals surface area (Å²) in [5, 5.41) is 48.4. The number of thioether (sulfide) groups is 2. The van der Waals surface area contributed by atoms with Crippen LogP contribution < -0.4 is 10.6 Å². The van der Waals surface area contributed by atoms with E-state index in [2.05, 4.69) is 20.8 Å². The number of rotatable bonds is 12. The highest BCUT2D eigenvalue weighted by molar-refractivity contribution is 7.99. The fourth-order valence-electron chi connectivity index (χ4n) is 5.07. The Balaban J connectivity index is 1.21. The number of aromatic nitrogens is 5. The minimum atomic E-state index is -0.424. The van der Waals surface area contributed by atoms with E-state index >= 15 is 0 Å². The number of nitriles is 1. The number of hydrogen-bond acceptors (Lipinski definition) is 10. The number of phenolic OH excluding ortho intramolecular Hbond substituents is 1. The van der Waals surface area contributed by atoms with Crippen LogP contribution in [0, 0.1) is 11.3 Å². The molecule has 3 aromatic carbocycles. The summed E-state index contributed by atoms with van der Waals surface area (Å²) in [6.07, 6.45) is 4.00. The molecule has 3 heterocycles. The van der Waals surface area contributed by atoms with Crippen LogP contribution in [-0.2, 0) is 11.3 Å². The lowest BCUT2D eigenvalue weighted by molar-refractivity contribution is 0.251. The van der Waals surface area contributed by atoms with Crippen LogP contribution in [0.3, 0.4) is 0 Å². The zero-order chi connectivity index (χ0) is 35.3. The topological polar surface area (TPSA) is 153 Å². The van der Waals surface area contributed by atoms with Crippen LogP contribution in [0.2, 0.25) is 0 Å². The van der Waals surface area contributed by atoms with Gasteiger partial charge in [-0.1, -0.05) is 48.2 Å². The number of aliphatic hydroxyl groups is 1. The van der Waals surface area contributed by atoms with Crippen LogP contribution in [0.15, 0.2) is 106 Å². The summed E-state index contributed by atoms with van der Waals surface area (Å²) in [5.41, 5.74) is 3.97. The fourth-order valence-corrected chi connectivity index (χ4v) is 7.15. The second-order valence-corrected chi connectivity index (χ2v) is 15.2. The molecule has 254 valence electrons. The highest BCUT2D eigenvalue weighted by Crippen LogP contribution is 2.36. The van der Waals surface area contributed by atoms with Crippen LogP contribution in [-0.4, -0.2) is 59.2 Å². The van der Waals surface area contributed by atoms with E-state index in [4.69, 9.17) is 5.10 Å². The molecular formula is C36H34N8O3S3. The number of nitrogens with one attached hydrogen (secondary N) is 2. The van der Waals surface area contributed by atoms with Crippen molar-refractivity contribution in [2.45, 2.75) is 39.8 Å². The summed E-state index contributed by atoms with van der Waals surface area (Å²) in [6.45, 7) is 4.43. The molecule has 6 aromatic rings. The van der Waals surface area contributed by atoms with Crippen molar-refractivity contribution in [2.75, 3.05) is 23.9 Å². The predicted molar refractivity (Wildman–Crippen MR) is 199 cm³/mol. The number of aromatic hydroxyl groups is 1. The van der Waals surface area contributed by atoms with Crippen LogP contribution in [0.5, 0.6) is 5.75 Å². The molecule has 0 unspecified atom stereocenters. The van der Waals surface area contributed by atoms with E-state index in [0.29, 0.717) is 17.3 Å². The van der Waals surface area contributed by atoms with Gasteiger partial charge in [0.1, 0.15) is 17.6 Å². The van der Waals surface area contributed by atoms with E-state index < -0.39 is 6.03 Å². The van der Waals surface area contributed by atoms with Gasteiger partial charge in [-0.15, -0.1) is 22.0 Å². The summed E-state index contributed by atoms with van der Waals surface area (Å²) in [4.78, 5) is 16.3. The van der Waals surface area contributed by atoms with Crippen LogP contribution >= 0.6 is 35.3 Å². The first-order valence-electron chi connectivity index (χ1n) is 15.6. The van der Waals surface area contributed by atoms with E-state index in [1.165, 1.54) is 12.1 Å². The van der Waals surface area contributed by atoms with Gasteiger partial charge in [-0.05, 0) is 68.1 Å². The van der Waals surface area contributed by atoms with Gasteiger partial charge in [-0.25, -0.2) is 9.48 Å². The van der Waals surface area contributed by atoms with Gasteiger partial charge < -0.3 is 15.5 Å². The molecule has 0 fully saturated rings. The van der Waals surface area contributed by atoms with Gasteiger partial charge in [0.25, 0.3) is 0 Å². The molecule has 0 bridgehead atoms. The Morgan fingerprint density at radius 2 is 1.78 bits per heavy atom. The van der Waals surface area contributed by atoms with Crippen LogP contribution in [0.25, 0.3) is 22.7 Å². The summed E-state index contributed by atoms with van der Waals surface area (Å²) in [6, 6.07) is 27.8. The first-order valence-corrected chi connectivity index (χ1v) is 18.6. The number of pyridine rings is 1. The number of amides is 2. The van der Waals surface area contributed by atoms with Crippen molar-refractivity contribution in [3.05, 3.63) is 108 Å². The van der Waals surface area contributed by atoms with Gasteiger partial charge in [0.2, 0.25) is 0 Å². The fraction of sp³-hybridized carbons (Fsp3) is 0.194. The Kier molecular flexibility index (Phi) is 10.7. The Bertz CT molecular complexity index is 2210. The van der Waals surface area contributed by atoms with Crippen LogP contribution in [0.1, 0.15) is 30.7 Å². The average Bonchev–Trinajstić information content (AvgIpc) is 3.75. The third-order valence-corrected chi connectivity index (χ3v) is 11.3. The molecule has 0 spiro atoms. The standard InChI is InChI=1S/C36H34N8O3S3/c1-36(2,48-3)31-19-33(44(42-31)25-12-14-28(46)24(18-25)20-37)39-35(47)38-21-23-8-4-6-10-29(23)50-26-13-15-32-40-41-34(43(32)22-26)27-9-5-7-11-30(27)49-17-16-45/h4-15,18-19,22,45-46H,16-17,21H2,1-3H3,(H2,38,39,47). The van der Waals surface area contributed by atoms with E-state index in [1.807, 2.05) is 104 Å². The quantitative estimate of drug-likeness (QED) is 0.0946. The van der Waals surface area contributed by atoms with E-state index in [0.717, 1.165) is 43.0 Å². The maximum Gasteiger partial charge on any atom is 0.320 e. The summed E-state index contributed by atoms with van der Waals surface area (Å²) in [5.74, 6) is 1.60. The molecule has 0 atom stereocenters. The monoisotopic (exact) mass is 722 g/mol. The molecule has 4 N–H and O–H groups in total. The highest BCUT2D eigenvalue weighted by atomic mass is 32.2. The lowest BCUT2D eigenvalue weighted by Gasteiger charge is -2.18. The minimum absolute atomic E-state index is 0.0857. The SMILES string of the molecule is CSC(C)(C)c1cc(NC(=O)NCc2ccccc2Sc2ccc3nnc(-c4ccccc4SCCO)n3c2)n(-c2ccc(O)c(C#N)c2)n1. The summed E-state index contributed by atoms with van der Waals surface area (Å²) >= 11 is 4.77. The Morgan fingerprint density at radius 1 is 1.00 bits per heavy atom. The van der Waals surface area contributed by atoms with Gasteiger partial charge in [-0.2, -0.15) is 22.1 Å². The number of aliphatic hydroxyl groups excluding tert-OH is 1. The Morgan fingerprint density at radius 3 is 2.56 bits per heavy atom. The molecule has 50 heavy (non-hydrogen) atoms. The summed E-state index contributed by atoms with van der Waals surface area (Å²) in [7, 11) is 0. The van der Waals surface area contributed by atoms with Gasteiger partial charge >= 0.3 is 6.03 Å². The number of urea groups is 1. The van der Waals surface area contributed by atoms with Crippen molar-refractivity contribution in [3.8, 4) is 28.9 Å². The molecule has 2 amide bonds. The molecular weight excluding hydrogens is 689 g/mol. The number of hydrogen-bond donors (Lipinski definition) is 4. The summed E-state index contributed by atoms with van der Waals surface area (Å²) < 4.78 is 3.19. The number of phenols is 1. The van der Waals surface area contributed by atoms with E-state index in [-0.39, 0.29) is 29.2 Å². The minimum Gasteiger partial charge on any atom is -0.507 e. The molecule has 11 nitrogen and oxygen atoms in total. The molecule has 6 rings (SSSR count). The third-order valence-electron chi connectivity index (χ3n) is 7.92. The molecule has 0 saturated carbocycles. The number of carbonyl (C=O) groups excluding carboxylic acids is 1. The largest absolute Gasteiger partial charge is 0.507 e. The number of fused-ring (bicyclic) bond motifs is 1. The number of benzene rings is 3. The number of nitrogens with zero attached hydrogens (tertiary/aromatic N) is 6. The average molecular weight is 723 g/mol. The van der Waals surface area contributed by atoms with Gasteiger partial charge in [0.15, 0.2) is 11.5 Å². The molecule has 0 aliphatic carbocycles. The van der Waals surface area contributed by atoms with Crippen molar-refractivity contribution in [2.24, 2.45) is 0 Å². The van der Waals surface area contributed by atoms with Gasteiger partial charge in [0, 0.05) is 44.8 Å². The molecule has 0 aliphatic rings. The maximum absolute atomic E-state index is 13.3. The first kappa shape index (κ1) is 34.9. The lowest BCUT2D eigenvalue weighted by atomic mass is 10.1. The van der Waals surface area contributed by atoms with Crippen molar-refractivity contribution < 1.29 is 15.0 Å². The molecule has 0 aliphatic heterocycles. The third kappa shape index (κ3) is 7.61. The van der Waals surface area contributed by atoms with Gasteiger partial charge in [-0.3, -0.25) is 9.72 Å². The second kappa shape index (κ2) is 15.3. The first-order chi connectivity index (χ1) is 24.2. The van der Waals surface area contributed by atoms with Crippen LogP contribution in [0.4, 0.5) is 10.6 Å². The molecule has 3 aromatic heterocycles. The normalized spacial score (nSPS) is 11.4. The molecule has 0 radical (unpaired) electrons. The van der Waals surface area contributed by atoms with Crippen molar-refractivity contribution in [1.82, 2.24) is 29.7 Å². The zero-order valence-corrected chi connectivity index (χ0v) is 29.9. The second-order valence-electron chi connectivity index (χ2n) is 11.6. The smallest absolute Gasteiger partial charge is 0.320 e. The number of carbonyl (C=O) groups is 1. The predicted octanol–water partition coefficient (Wildman–Crippen LogP) is 7.31. The van der Waals surface area contributed by atoms with Crippen molar-refractivity contribution in [3.63, 3.8) is 0 Å². The van der Waals surface area contributed by atoms with Crippen molar-refractivity contribution >= 4 is 52.8 Å². The van der Waals surface area contributed by atoms with E-state index in [1.54, 1.807) is 46.0 Å². The number of anilines is 1. The van der Waals surface area contributed by atoms with Gasteiger partial charge in [0.05, 0.1) is 28.3 Å². The van der Waals surface area contributed by atoms with E-state index in [9.17, 15) is 20.3 Å².